The van der Waals surface area contributed by atoms with Crippen LogP contribution in [0.25, 0.3) is 22.2 Å². The first-order chi connectivity index (χ1) is 9.95. The van der Waals surface area contributed by atoms with Gasteiger partial charge in [0.25, 0.3) is 0 Å². The average molecular weight is 289 g/mol. The molecule has 106 valence electrons. The molecule has 2 N–H and O–H groups in total. The summed E-state index contributed by atoms with van der Waals surface area (Å²) in [6, 6.07) is 10.1. The zero-order valence-corrected chi connectivity index (χ0v) is 10.7. The van der Waals surface area contributed by atoms with Crippen molar-refractivity contribution in [2.24, 2.45) is 0 Å². The van der Waals surface area contributed by atoms with Gasteiger partial charge >= 0.3 is 6.18 Å². The van der Waals surface area contributed by atoms with Crippen LogP contribution in [0.4, 0.5) is 18.9 Å². The van der Waals surface area contributed by atoms with Crippen LogP contribution in [-0.2, 0) is 6.18 Å². The highest BCUT2D eigenvalue weighted by atomic mass is 19.4. The molecule has 21 heavy (non-hydrogen) atoms. The van der Waals surface area contributed by atoms with Gasteiger partial charge in [0.1, 0.15) is 6.33 Å². The topological polar surface area (TPSA) is 51.8 Å². The number of nitrogens with zero attached hydrogens (tertiary/aromatic N) is 2. The van der Waals surface area contributed by atoms with Gasteiger partial charge in [0.15, 0.2) is 0 Å². The Morgan fingerprint density at radius 2 is 1.76 bits per heavy atom. The molecule has 0 saturated carbocycles. The van der Waals surface area contributed by atoms with Gasteiger partial charge in [-0.3, -0.25) is 0 Å². The fourth-order valence-electron chi connectivity index (χ4n) is 2.15. The largest absolute Gasteiger partial charge is 0.416 e. The molecule has 0 aliphatic heterocycles. The molecule has 0 radical (unpaired) electrons. The minimum absolute atomic E-state index is 0.378. The molecule has 3 aromatic rings. The number of halogens is 3. The number of hydrogen-bond acceptors (Lipinski definition) is 3. The summed E-state index contributed by atoms with van der Waals surface area (Å²) in [4.78, 5) is 8.20. The first-order valence-corrected chi connectivity index (χ1v) is 6.13. The third kappa shape index (κ3) is 2.52. The maximum absolute atomic E-state index is 12.8. The molecule has 0 atom stereocenters. The minimum atomic E-state index is -4.39. The van der Waals surface area contributed by atoms with Crippen molar-refractivity contribution in [2.75, 3.05) is 5.73 Å². The van der Waals surface area contributed by atoms with Crippen LogP contribution in [0.5, 0.6) is 0 Å². The molecule has 2 aromatic carbocycles. The number of alkyl halides is 3. The van der Waals surface area contributed by atoms with E-state index in [9.17, 15) is 13.2 Å². The molecule has 0 fully saturated rings. The van der Waals surface area contributed by atoms with Gasteiger partial charge < -0.3 is 5.73 Å². The molecule has 0 spiro atoms. The normalized spacial score (nSPS) is 11.8. The molecular weight excluding hydrogens is 279 g/mol. The lowest BCUT2D eigenvalue weighted by molar-refractivity contribution is -0.137. The number of nitrogens with two attached hydrogens (primary N) is 1. The molecule has 1 aromatic heterocycles. The van der Waals surface area contributed by atoms with Gasteiger partial charge in [-0.25, -0.2) is 9.97 Å². The molecule has 0 amide bonds. The smallest absolute Gasteiger partial charge is 0.399 e. The van der Waals surface area contributed by atoms with E-state index in [1.807, 2.05) is 0 Å². The van der Waals surface area contributed by atoms with Crippen LogP contribution in [0, 0.1) is 0 Å². The van der Waals surface area contributed by atoms with E-state index in [2.05, 4.69) is 9.97 Å². The standard InChI is InChI=1S/C15H10F3N3/c16-15(17,18)10-3-1-2-9(6-10)14-12-7-11(19)4-5-13(12)20-8-21-14/h1-8H,19H2. The molecule has 0 saturated heterocycles. The van der Waals surface area contributed by atoms with E-state index < -0.39 is 11.7 Å². The van der Waals surface area contributed by atoms with Crippen molar-refractivity contribution < 1.29 is 13.2 Å². The van der Waals surface area contributed by atoms with Gasteiger partial charge in [-0.05, 0) is 30.3 Å². The summed E-state index contributed by atoms with van der Waals surface area (Å²) >= 11 is 0. The highest BCUT2D eigenvalue weighted by Gasteiger charge is 2.30. The monoisotopic (exact) mass is 289 g/mol. The summed E-state index contributed by atoms with van der Waals surface area (Å²) in [5.74, 6) is 0. The summed E-state index contributed by atoms with van der Waals surface area (Å²) in [6.07, 6.45) is -3.06. The Balaban J connectivity index is 2.23. The quantitative estimate of drug-likeness (QED) is 0.691. The molecule has 0 unspecified atom stereocenters. The van der Waals surface area contributed by atoms with Crippen LogP contribution in [-0.4, -0.2) is 9.97 Å². The second kappa shape index (κ2) is 4.73. The SMILES string of the molecule is Nc1ccc2ncnc(-c3cccc(C(F)(F)F)c3)c2c1. The minimum Gasteiger partial charge on any atom is -0.399 e. The van der Waals surface area contributed by atoms with E-state index in [4.69, 9.17) is 5.73 Å². The highest BCUT2D eigenvalue weighted by Crippen LogP contribution is 2.33. The van der Waals surface area contributed by atoms with Crippen LogP contribution in [0.3, 0.4) is 0 Å². The summed E-state index contributed by atoms with van der Waals surface area (Å²) in [5, 5.41) is 0.622. The second-order valence-corrected chi connectivity index (χ2v) is 4.58. The van der Waals surface area contributed by atoms with Crippen molar-refractivity contribution in [2.45, 2.75) is 6.18 Å². The van der Waals surface area contributed by atoms with E-state index in [-0.39, 0.29) is 0 Å². The summed E-state index contributed by atoms with van der Waals surface area (Å²) < 4.78 is 38.4. The van der Waals surface area contributed by atoms with Crippen LogP contribution in [0.2, 0.25) is 0 Å². The maximum Gasteiger partial charge on any atom is 0.416 e. The number of nitrogen functional groups attached to an aromatic ring is 1. The van der Waals surface area contributed by atoms with Crippen molar-refractivity contribution >= 4 is 16.6 Å². The Morgan fingerprint density at radius 3 is 2.52 bits per heavy atom. The summed E-state index contributed by atoms with van der Waals surface area (Å²) in [6.45, 7) is 0. The number of fused-ring (bicyclic) bond motifs is 1. The van der Waals surface area contributed by atoms with Crippen molar-refractivity contribution in [3.63, 3.8) is 0 Å². The van der Waals surface area contributed by atoms with E-state index in [1.54, 1.807) is 24.3 Å². The van der Waals surface area contributed by atoms with Crippen LogP contribution in [0.15, 0.2) is 48.8 Å². The number of aromatic nitrogens is 2. The van der Waals surface area contributed by atoms with Crippen molar-refractivity contribution in [3.05, 3.63) is 54.4 Å². The summed E-state index contributed by atoms with van der Waals surface area (Å²) in [7, 11) is 0. The van der Waals surface area contributed by atoms with Gasteiger partial charge in [0.2, 0.25) is 0 Å². The third-order valence-corrected chi connectivity index (χ3v) is 3.12. The number of anilines is 1. The van der Waals surface area contributed by atoms with Crippen LogP contribution >= 0.6 is 0 Å². The lowest BCUT2D eigenvalue weighted by Crippen LogP contribution is -2.04. The predicted octanol–water partition coefficient (Wildman–Crippen LogP) is 3.90. The molecule has 0 aliphatic rings. The number of benzene rings is 2. The van der Waals surface area contributed by atoms with Gasteiger partial charge in [-0.15, -0.1) is 0 Å². The first kappa shape index (κ1) is 13.4. The van der Waals surface area contributed by atoms with Crippen LogP contribution < -0.4 is 5.73 Å². The molecule has 6 heteroatoms. The van der Waals surface area contributed by atoms with E-state index in [0.717, 1.165) is 12.1 Å². The van der Waals surface area contributed by atoms with Gasteiger partial charge in [0, 0.05) is 16.6 Å². The Hall–Kier alpha value is -2.63. The Kier molecular flexibility index (Phi) is 3.01. The second-order valence-electron chi connectivity index (χ2n) is 4.58. The molecule has 0 aliphatic carbocycles. The Labute approximate surface area is 118 Å². The summed E-state index contributed by atoms with van der Waals surface area (Å²) in [5.41, 5.74) is 6.97. The van der Waals surface area contributed by atoms with E-state index in [0.29, 0.717) is 27.8 Å². The zero-order valence-electron chi connectivity index (χ0n) is 10.7. The lowest BCUT2D eigenvalue weighted by atomic mass is 10.0. The van der Waals surface area contributed by atoms with Gasteiger partial charge in [0.05, 0.1) is 16.8 Å². The zero-order chi connectivity index (χ0) is 15.0. The lowest BCUT2D eigenvalue weighted by Gasteiger charge is -2.10. The van der Waals surface area contributed by atoms with Gasteiger partial charge in [-0.2, -0.15) is 13.2 Å². The fourth-order valence-corrected chi connectivity index (χ4v) is 2.15. The maximum atomic E-state index is 12.8. The third-order valence-electron chi connectivity index (χ3n) is 3.12. The molecule has 3 nitrogen and oxygen atoms in total. The first-order valence-electron chi connectivity index (χ1n) is 6.13. The number of hydrogen-bond donors (Lipinski definition) is 1. The van der Waals surface area contributed by atoms with Gasteiger partial charge in [-0.1, -0.05) is 12.1 Å². The number of rotatable bonds is 1. The Bertz CT molecular complexity index is 813. The predicted molar refractivity (Wildman–Crippen MR) is 74.4 cm³/mol. The molecule has 1 heterocycles. The Morgan fingerprint density at radius 1 is 0.952 bits per heavy atom. The van der Waals surface area contributed by atoms with Crippen molar-refractivity contribution in [1.82, 2.24) is 9.97 Å². The molecule has 3 rings (SSSR count). The van der Waals surface area contributed by atoms with Crippen molar-refractivity contribution in [3.8, 4) is 11.3 Å². The molecular formula is C15H10F3N3. The van der Waals surface area contributed by atoms with E-state index in [1.165, 1.54) is 12.4 Å². The highest BCUT2D eigenvalue weighted by molar-refractivity contribution is 5.93. The van der Waals surface area contributed by atoms with E-state index >= 15 is 0 Å². The fraction of sp³-hybridized carbons (Fsp3) is 0.0667. The average Bonchev–Trinajstić information content (AvgIpc) is 2.46. The van der Waals surface area contributed by atoms with Crippen LogP contribution in [0.1, 0.15) is 5.56 Å². The van der Waals surface area contributed by atoms with Crippen molar-refractivity contribution in [1.29, 1.82) is 0 Å². The molecule has 0 bridgehead atoms.